The molecule has 0 aliphatic carbocycles. The summed E-state index contributed by atoms with van der Waals surface area (Å²) in [6, 6.07) is 15.2. The molecule has 0 bridgehead atoms. The molecule has 0 unspecified atom stereocenters. The van der Waals surface area contributed by atoms with Gasteiger partial charge in [0.1, 0.15) is 18.2 Å². The lowest BCUT2D eigenvalue weighted by Gasteiger charge is -2.10. The molecule has 1 heterocycles. The highest BCUT2D eigenvalue weighted by molar-refractivity contribution is 7.14. The zero-order chi connectivity index (χ0) is 16.8. The first-order chi connectivity index (χ1) is 11.7. The molecule has 122 valence electrons. The molecule has 0 aliphatic rings. The van der Waals surface area contributed by atoms with Gasteiger partial charge < -0.3 is 10.5 Å². The van der Waals surface area contributed by atoms with Gasteiger partial charge in [-0.15, -0.1) is 11.3 Å². The molecule has 0 saturated carbocycles. The molecule has 5 nitrogen and oxygen atoms in total. The molecular formula is C17H15ClN4OS. The number of nitrogens with zero attached hydrogens (tertiary/aromatic N) is 2. The van der Waals surface area contributed by atoms with E-state index >= 15 is 0 Å². The third-order valence-corrected chi connectivity index (χ3v) is 4.28. The summed E-state index contributed by atoms with van der Waals surface area (Å²) < 4.78 is 5.87. The molecule has 2 aromatic carbocycles. The third-order valence-electron chi connectivity index (χ3n) is 3.15. The number of nitrogens with two attached hydrogens (primary N) is 1. The number of hydrogen-bond donors (Lipinski definition) is 2. The number of benzene rings is 2. The third kappa shape index (κ3) is 4.24. The zero-order valence-corrected chi connectivity index (χ0v) is 14.2. The Labute approximate surface area is 148 Å². The number of hydrogen-bond acceptors (Lipinski definition) is 6. The summed E-state index contributed by atoms with van der Waals surface area (Å²) in [5.74, 6) is 1.20. The summed E-state index contributed by atoms with van der Waals surface area (Å²) in [4.78, 5) is 4.08. The molecule has 0 fully saturated rings. The van der Waals surface area contributed by atoms with E-state index in [0.29, 0.717) is 22.6 Å². The van der Waals surface area contributed by atoms with Crippen molar-refractivity contribution in [1.82, 2.24) is 4.98 Å². The highest BCUT2D eigenvalue weighted by Gasteiger charge is 2.04. The fraction of sp³-hybridized carbons (Fsp3) is 0.0588. The number of para-hydroxylation sites is 1. The van der Waals surface area contributed by atoms with Gasteiger partial charge in [0.2, 0.25) is 5.13 Å². The maximum absolute atomic E-state index is 6.15. The summed E-state index contributed by atoms with van der Waals surface area (Å²) in [5.41, 5.74) is 10.2. The Balaban J connectivity index is 1.67. The number of ether oxygens (including phenoxy) is 1. The van der Waals surface area contributed by atoms with Crippen molar-refractivity contribution in [2.24, 2.45) is 5.10 Å². The standard InChI is InChI=1S/C17H15ClN4OS/c18-14-7-3-1-6-13(14)10-23-15-8-4-2-5-12(15)9-20-22-17-21-16(19)11-24-17/h1-9,11H,10,19H2,(H,21,22). The van der Waals surface area contributed by atoms with Crippen LogP contribution >= 0.6 is 22.9 Å². The predicted octanol–water partition coefficient (Wildman–Crippen LogP) is 4.40. The van der Waals surface area contributed by atoms with Crippen LogP contribution in [0.25, 0.3) is 0 Å². The van der Waals surface area contributed by atoms with Crippen molar-refractivity contribution in [3.63, 3.8) is 0 Å². The van der Waals surface area contributed by atoms with Gasteiger partial charge >= 0.3 is 0 Å². The first kappa shape index (κ1) is 16.3. The molecular weight excluding hydrogens is 344 g/mol. The molecule has 7 heteroatoms. The first-order valence-electron chi connectivity index (χ1n) is 7.17. The van der Waals surface area contributed by atoms with E-state index in [9.17, 15) is 0 Å². The molecule has 0 saturated heterocycles. The van der Waals surface area contributed by atoms with Crippen molar-refractivity contribution in [1.29, 1.82) is 0 Å². The summed E-state index contributed by atoms with van der Waals surface area (Å²) >= 11 is 7.54. The van der Waals surface area contributed by atoms with Crippen LogP contribution in [0.3, 0.4) is 0 Å². The minimum atomic E-state index is 0.390. The fourth-order valence-electron chi connectivity index (χ4n) is 1.98. The van der Waals surface area contributed by atoms with Gasteiger partial charge in [-0.3, -0.25) is 5.43 Å². The SMILES string of the molecule is Nc1csc(NN=Cc2ccccc2OCc2ccccc2Cl)n1. The Morgan fingerprint density at radius 2 is 2.00 bits per heavy atom. The highest BCUT2D eigenvalue weighted by atomic mass is 35.5. The minimum Gasteiger partial charge on any atom is -0.488 e. The molecule has 0 spiro atoms. The van der Waals surface area contributed by atoms with Crippen molar-refractivity contribution < 1.29 is 4.74 Å². The lowest BCUT2D eigenvalue weighted by molar-refractivity contribution is 0.306. The molecule has 24 heavy (non-hydrogen) atoms. The number of anilines is 2. The van der Waals surface area contributed by atoms with E-state index in [2.05, 4.69) is 15.5 Å². The van der Waals surface area contributed by atoms with Crippen LogP contribution in [0, 0.1) is 0 Å². The molecule has 3 aromatic rings. The van der Waals surface area contributed by atoms with Crippen LogP contribution in [0.2, 0.25) is 5.02 Å². The number of nitrogen functional groups attached to an aromatic ring is 1. The van der Waals surface area contributed by atoms with E-state index in [4.69, 9.17) is 22.1 Å². The van der Waals surface area contributed by atoms with E-state index in [1.54, 1.807) is 11.6 Å². The van der Waals surface area contributed by atoms with Gasteiger partial charge in [-0.25, -0.2) is 4.98 Å². The van der Waals surface area contributed by atoms with Gasteiger partial charge in [-0.1, -0.05) is 41.9 Å². The van der Waals surface area contributed by atoms with Gasteiger partial charge in [-0.2, -0.15) is 5.10 Å². The van der Waals surface area contributed by atoms with Crippen molar-refractivity contribution >= 4 is 40.1 Å². The van der Waals surface area contributed by atoms with Gasteiger partial charge in [-0.05, 0) is 18.2 Å². The van der Waals surface area contributed by atoms with Crippen LogP contribution in [0.5, 0.6) is 5.75 Å². The number of nitrogens with one attached hydrogen (secondary N) is 1. The van der Waals surface area contributed by atoms with Gasteiger partial charge in [0.15, 0.2) is 0 Å². The second-order valence-electron chi connectivity index (χ2n) is 4.87. The average molecular weight is 359 g/mol. The number of thiazole rings is 1. The number of hydrazone groups is 1. The lowest BCUT2D eigenvalue weighted by atomic mass is 10.2. The van der Waals surface area contributed by atoms with Gasteiger partial charge in [0, 0.05) is 21.5 Å². The Morgan fingerprint density at radius 1 is 1.21 bits per heavy atom. The Morgan fingerprint density at radius 3 is 2.79 bits per heavy atom. The van der Waals surface area contributed by atoms with Gasteiger partial charge in [0.05, 0.1) is 6.21 Å². The molecule has 0 radical (unpaired) electrons. The maximum Gasteiger partial charge on any atom is 0.205 e. The van der Waals surface area contributed by atoms with E-state index in [-0.39, 0.29) is 0 Å². The number of rotatable bonds is 6. The smallest absolute Gasteiger partial charge is 0.205 e. The van der Waals surface area contributed by atoms with Crippen LogP contribution in [0.1, 0.15) is 11.1 Å². The van der Waals surface area contributed by atoms with E-state index in [0.717, 1.165) is 16.9 Å². The fourth-order valence-corrected chi connectivity index (χ4v) is 2.72. The monoisotopic (exact) mass is 358 g/mol. The van der Waals surface area contributed by atoms with Crippen LogP contribution < -0.4 is 15.9 Å². The Bertz CT molecular complexity index is 850. The summed E-state index contributed by atoms with van der Waals surface area (Å²) in [6.45, 7) is 0.390. The topological polar surface area (TPSA) is 72.5 Å². The average Bonchev–Trinajstić information content (AvgIpc) is 3.00. The normalized spacial score (nSPS) is 10.9. The van der Waals surface area contributed by atoms with Crippen molar-refractivity contribution in [2.75, 3.05) is 11.2 Å². The molecule has 0 atom stereocenters. The van der Waals surface area contributed by atoms with E-state index < -0.39 is 0 Å². The second kappa shape index (κ2) is 7.81. The molecule has 0 amide bonds. The summed E-state index contributed by atoms with van der Waals surface area (Å²) in [6.07, 6.45) is 1.68. The second-order valence-corrected chi connectivity index (χ2v) is 6.13. The highest BCUT2D eigenvalue weighted by Crippen LogP contribution is 2.21. The number of aromatic nitrogens is 1. The Hall–Kier alpha value is -2.57. The van der Waals surface area contributed by atoms with Crippen LogP contribution in [0.15, 0.2) is 59.0 Å². The lowest BCUT2D eigenvalue weighted by Crippen LogP contribution is -1.99. The number of halogens is 1. The van der Waals surface area contributed by atoms with Crippen molar-refractivity contribution in [3.8, 4) is 5.75 Å². The summed E-state index contributed by atoms with van der Waals surface area (Å²) in [5, 5.41) is 7.24. The van der Waals surface area contributed by atoms with E-state index in [1.807, 2.05) is 48.5 Å². The van der Waals surface area contributed by atoms with Crippen molar-refractivity contribution in [2.45, 2.75) is 6.61 Å². The van der Waals surface area contributed by atoms with Crippen LogP contribution in [-0.4, -0.2) is 11.2 Å². The maximum atomic E-state index is 6.15. The quantitative estimate of drug-likeness (QED) is 0.506. The predicted molar refractivity (Wildman–Crippen MR) is 100.0 cm³/mol. The van der Waals surface area contributed by atoms with Crippen LogP contribution in [-0.2, 0) is 6.61 Å². The molecule has 0 aliphatic heterocycles. The van der Waals surface area contributed by atoms with Crippen molar-refractivity contribution in [3.05, 3.63) is 70.1 Å². The Kier molecular flexibility index (Phi) is 5.30. The minimum absolute atomic E-state index is 0.390. The molecule has 3 rings (SSSR count). The van der Waals surface area contributed by atoms with E-state index in [1.165, 1.54) is 11.3 Å². The summed E-state index contributed by atoms with van der Waals surface area (Å²) in [7, 11) is 0. The van der Waals surface area contributed by atoms with Crippen LogP contribution in [0.4, 0.5) is 10.9 Å². The molecule has 3 N–H and O–H groups in total. The zero-order valence-electron chi connectivity index (χ0n) is 12.6. The van der Waals surface area contributed by atoms with Gasteiger partial charge in [0.25, 0.3) is 0 Å². The largest absolute Gasteiger partial charge is 0.488 e. The first-order valence-corrected chi connectivity index (χ1v) is 8.43. The molecule has 1 aromatic heterocycles.